The van der Waals surface area contributed by atoms with E-state index in [0.29, 0.717) is 19.5 Å². The van der Waals surface area contributed by atoms with Crippen LogP contribution in [-0.2, 0) is 14.3 Å². The molecule has 0 aromatic heterocycles. The molecule has 0 aliphatic rings. The average Bonchev–Trinajstić information content (AvgIpc) is 2.79. The van der Waals surface area contributed by atoms with Gasteiger partial charge < -0.3 is 25.4 Å². The molecule has 1 rings (SSSR count). The van der Waals surface area contributed by atoms with Crippen LogP contribution in [0.4, 0.5) is 4.79 Å². The molecule has 3 N–H and O–H groups in total. The van der Waals surface area contributed by atoms with Crippen LogP contribution >= 0.6 is 0 Å². The molecule has 0 spiro atoms. The molecule has 35 heavy (non-hydrogen) atoms. The highest BCUT2D eigenvalue weighted by molar-refractivity contribution is 5.92. The summed E-state index contributed by atoms with van der Waals surface area (Å²) in [4.78, 5) is 41.0. The highest BCUT2D eigenvalue weighted by atomic mass is 16.6. The van der Waals surface area contributed by atoms with Gasteiger partial charge in [0.2, 0.25) is 11.8 Å². The largest absolute Gasteiger partial charge is 0.444 e. The Morgan fingerprint density at radius 1 is 1.03 bits per heavy atom. The van der Waals surface area contributed by atoms with Gasteiger partial charge in [0, 0.05) is 13.1 Å². The van der Waals surface area contributed by atoms with Gasteiger partial charge >= 0.3 is 6.09 Å². The van der Waals surface area contributed by atoms with Crippen molar-refractivity contribution in [2.24, 2.45) is 0 Å². The summed E-state index contributed by atoms with van der Waals surface area (Å²) in [6.45, 7) is 11.4. The van der Waals surface area contributed by atoms with Gasteiger partial charge in [0.15, 0.2) is 0 Å². The topological polar surface area (TPSA) is 108 Å². The fraction of sp³-hybridized carbons (Fsp3) is 0.667. The number of aliphatic hydroxyl groups is 1. The zero-order valence-corrected chi connectivity index (χ0v) is 22.4. The van der Waals surface area contributed by atoms with Crippen LogP contribution in [0.2, 0.25) is 0 Å². The minimum absolute atomic E-state index is 0.273. The third-order valence-corrected chi connectivity index (χ3v) is 5.58. The van der Waals surface area contributed by atoms with Crippen molar-refractivity contribution in [3.05, 3.63) is 35.4 Å². The summed E-state index contributed by atoms with van der Waals surface area (Å²) in [6.07, 6.45) is 4.62. The van der Waals surface area contributed by atoms with E-state index in [1.807, 2.05) is 38.1 Å². The van der Waals surface area contributed by atoms with E-state index in [9.17, 15) is 19.5 Å². The Bertz CT molecular complexity index is 806. The molecule has 0 saturated carbocycles. The Hall–Kier alpha value is -2.61. The van der Waals surface area contributed by atoms with Crippen LogP contribution in [0.25, 0.3) is 0 Å². The minimum atomic E-state index is -1.23. The van der Waals surface area contributed by atoms with E-state index in [-0.39, 0.29) is 5.91 Å². The molecular formula is C27H45N3O5. The monoisotopic (exact) mass is 491 g/mol. The molecule has 2 unspecified atom stereocenters. The maximum Gasteiger partial charge on any atom is 0.408 e. The molecule has 198 valence electrons. The Morgan fingerprint density at radius 2 is 1.69 bits per heavy atom. The van der Waals surface area contributed by atoms with Crippen LogP contribution in [0, 0.1) is 6.92 Å². The first-order valence-corrected chi connectivity index (χ1v) is 12.8. The summed E-state index contributed by atoms with van der Waals surface area (Å²) < 4.78 is 5.28. The molecule has 0 bridgehead atoms. The number of ether oxygens (including phenoxy) is 1. The van der Waals surface area contributed by atoms with Gasteiger partial charge in [-0.3, -0.25) is 9.59 Å². The lowest BCUT2D eigenvalue weighted by atomic mass is 9.97. The fourth-order valence-corrected chi connectivity index (χ4v) is 3.74. The van der Waals surface area contributed by atoms with Crippen molar-refractivity contribution in [2.45, 2.75) is 97.8 Å². The van der Waals surface area contributed by atoms with E-state index in [2.05, 4.69) is 17.6 Å². The van der Waals surface area contributed by atoms with Gasteiger partial charge in [-0.05, 0) is 51.7 Å². The Kier molecular flexibility index (Phi) is 13.4. The Labute approximate surface area is 210 Å². The number of rotatable bonds is 14. The van der Waals surface area contributed by atoms with Crippen LogP contribution in [0.15, 0.2) is 24.3 Å². The van der Waals surface area contributed by atoms with Gasteiger partial charge in [-0.25, -0.2) is 4.79 Å². The number of unbranched alkanes of at least 4 members (excludes halogenated alkanes) is 4. The predicted octanol–water partition coefficient (Wildman–Crippen LogP) is 4.25. The number of hydrogen-bond donors (Lipinski definition) is 3. The molecule has 0 fully saturated rings. The van der Waals surface area contributed by atoms with E-state index < -0.39 is 36.3 Å². The lowest BCUT2D eigenvalue weighted by molar-refractivity contribution is -0.143. The molecule has 1 aromatic carbocycles. The number of aliphatic hydroxyl groups excluding tert-OH is 1. The number of nitrogens with one attached hydrogen (secondary N) is 2. The lowest BCUT2D eigenvalue weighted by Crippen LogP contribution is -2.54. The molecule has 0 radical (unpaired) electrons. The number of nitrogens with zero attached hydrogens (tertiary/aromatic N) is 1. The predicted molar refractivity (Wildman–Crippen MR) is 138 cm³/mol. The van der Waals surface area contributed by atoms with E-state index in [1.165, 1.54) is 4.90 Å². The standard InChI is InChI=1S/C27H45N3O5/c1-7-9-11-14-18-30(25(33)22(19-31)29-26(34)35-27(4,5)6)23(24(32)28-17-10-8-2)21-16-13-12-15-20(21)3/h12-13,15-16,22-23,31H,7-11,14,17-19H2,1-6H3,(H,28,32)(H,29,34). The van der Waals surface area contributed by atoms with Crippen molar-refractivity contribution in [3.8, 4) is 0 Å². The third-order valence-electron chi connectivity index (χ3n) is 5.58. The smallest absolute Gasteiger partial charge is 0.408 e. The fourth-order valence-electron chi connectivity index (χ4n) is 3.74. The Morgan fingerprint density at radius 3 is 2.26 bits per heavy atom. The van der Waals surface area contributed by atoms with Crippen molar-refractivity contribution in [1.82, 2.24) is 15.5 Å². The number of hydrogen-bond acceptors (Lipinski definition) is 5. The second-order valence-electron chi connectivity index (χ2n) is 9.88. The highest BCUT2D eigenvalue weighted by Crippen LogP contribution is 2.26. The maximum absolute atomic E-state index is 13.7. The summed E-state index contributed by atoms with van der Waals surface area (Å²) in [5.41, 5.74) is 0.852. The number of alkyl carbamates (subject to hydrolysis) is 1. The molecule has 2 atom stereocenters. The van der Waals surface area contributed by atoms with Crippen molar-refractivity contribution >= 4 is 17.9 Å². The maximum atomic E-state index is 13.7. The van der Waals surface area contributed by atoms with Crippen LogP contribution in [0.3, 0.4) is 0 Å². The molecule has 1 aromatic rings. The second-order valence-corrected chi connectivity index (χ2v) is 9.88. The molecule has 0 saturated heterocycles. The molecule has 8 heteroatoms. The first kappa shape index (κ1) is 30.4. The van der Waals surface area contributed by atoms with Gasteiger partial charge in [0.25, 0.3) is 0 Å². The van der Waals surface area contributed by atoms with E-state index in [0.717, 1.165) is 43.2 Å². The molecular weight excluding hydrogens is 446 g/mol. The molecule has 8 nitrogen and oxygen atoms in total. The third kappa shape index (κ3) is 10.7. The van der Waals surface area contributed by atoms with Gasteiger partial charge in [0.1, 0.15) is 17.7 Å². The van der Waals surface area contributed by atoms with Crippen LogP contribution in [-0.4, -0.2) is 59.3 Å². The molecule has 3 amide bonds. The minimum Gasteiger partial charge on any atom is -0.444 e. The van der Waals surface area contributed by atoms with Gasteiger partial charge in [-0.1, -0.05) is 63.8 Å². The summed E-state index contributed by atoms with van der Waals surface area (Å²) >= 11 is 0. The zero-order valence-electron chi connectivity index (χ0n) is 22.4. The summed E-state index contributed by atoms with van der Waals surface area (Å²) in [5, 5.41) is 15.5. The van der Waals surface area contributed by atoms with Crippen LogP contribution in [0.5, 0.6) is 0 Å². The lowest BCUT2D eigenvalue weighted by Gasteiger charge is -2.34. The van der Waals surface area contributed by atoms with Crippen LogP contribution in [0.1, 0.15) is 90.3 Å². The van der Waals surface area contributed by atoms with Crippen molar-refractivity contribution in [1.29, 1.82) is 0 Å². The average molecular weight is 492 g/mol. The van der Waals surface area contributed by atoms with Crippen LogP contribution < -0.4 is 10.6 Å². The number of carbonyl (C=O) groups is 3. The SMILES string of the molecule is CCCCCCN(C(=O)C(CO)NC(=O)OC(C)(C)C)C(C(=O)NCCCC)c1ccccc1C. The second kappa shape index (κ2) is 15.4. The first-order chi connectivity index (χ1) is 16.6. The van der Waals surface area contributed by atoms with Gasteiger partial charge in [-0.2, -0.15) is 0 Å². The van der Waals surface area contributed by atoms with E-state index in [1.54, 1.807) is 20.8 Å². The zero-order chi connectivity index (χ0) is 26.4. The van der Waals surface area contributed by atoms with Crippen molar-refractivity contribution in [2.75, 3.05) is 19.7 Å². The number of carbonyl (C=O) groups excluding carboxylic acids is 3. The number of benzene rings is 1. The number of amides is 3. The van der Waals surface area contributed by atoms with Crippen molar-refractivity contribution in [3.63, 3.8) is 0 Å². The Balaban J connectivity index is 3.34. The number of aryl methyl sites for hydroxylation is 1. The van der Waals surface area contributed by atoms with E-state index >= 15 is 0 Å². The normalized spacial score (nSPS) is 13.0. The van der Waals surface area contributed by atoms with Crippen molar-refractivity contribution < 1.29 is 24.2 Å². The highest BCUT2D eigenvalue weighted by Gasteiger charge is 2.36. The molecule has 0 aliphatic carbocycles. The summed E-state index contributed by atoms with van der Waals surface area (Å²) in [7, 11) is 0. The summed E-state index contributed by atoms with van der Waals surface area (Å²) in [6, 6.07) is 5.38. The van der Waals surface area contributed by atoms with E-state index in [4.69, 9.17) is 4.74 Å². The van der Waals surface area contributed by atoms with Gasteiger partial charge in [0.05, 0.1) is 6.61 Å². The quantitative estimate of drug-likeness (QED) is 0.337. The molecule has 0 aliphatic heterocycles. The summed E-state index contributed by atoms with van der Waals surface area (Å²) in [5.74, 6) is -0.792. The molecule has 0 heterocycles. The first-order valence-electron chi connectivity index (χ1n) is 12.8. The van der Waals surface area contributed by atoms with Gasteiger partial charge in [-0.15, -0.1) is 0 Å².